The Hall–Kier alpha value is -3.06. The highest BCUT2D eigenvalue weighted by atomic mass is 32.1. The number of carbonyl (C=O) groups excluding carboxylic acids is 1. The number of anilines is 1. The SMILES string of the molecule is Cc1cn(C)nc1C(=O)N(Cc1cccnc1)c1nc2c(C)cccc2s1. The van der Waals surface area contributed by atoms with Gasteiger partial charge in [-0.15, -0.1) is 0 Å². The molecule has 0 N–H and O–H groups in total. The summed E-state index contributed by atoms with van der Waals surface area (Å²) in [5, 5.41) is 5.02. The highest BCUT2D eigenvalue weighted by molar-refractivity contribution is 7.22. The Kier molecular flexibility index (Phi) is 4.45. The zero-order chi connectivity index (χ0) is 19.0. The van der Waals surface area contributed by atoms with E-state index < -0.39 is 0 Å². The highest BCUT2D eigenvalue weighted by Crippen LogP contribution is 2.32. The average molecular weight is 377 g/mol. The summed E-state index contributed by atoms with van der Waals surface area (Å²) in [7, 11) is 1.82. The average Bonchev–Trinajstić information content (AvgIpc) is 3.23. The topological polar surface area (TPSA) is 63.9 Å². The summed E-state index contributed by atoms with van der Waals surface area (Å²) in [6.07, 6.45) is 5.34. The molecule has 0 saturated carbocycles. The number of aryl methyl sites for hydroxylation is 3. The summed E-state index contributed by atoms with van der Waals surface area (Å²) in [6.45, 7) is 4.31. The van der Waals surface area contributed by atoms with Crippen LogP contribution in [0.5, 0.6) is 0 Å². The van der Waals surface area contributed by atoms with Gasteiger partial charge in [-0.2, -0.15) is 5.10 Å². The van der Waals surface area contributed by atoms with Gasteiger partial charge in [0.05, 0.1) is 16.8 Å². The van der Waals surface area contributed by atoms with Gasteiger partial charge in [0.2, 0.25) is 0 Å². The number of nitrogens with zero attached hydrogens (tertiary/aromatic N) is 5. The molecular formula is C20H19N5OS. The lowest BCUT2D eigenvalue weighted by Crippen LogP contribution is -2.31. The third-order valence-electron chi connectivity index (χ3n) is 4.36. The first-order chi connectivity index (χ1) is 13.0. The van der Waals surface area contributed by atoms with Crippen molar-refractivity contribution >= 4 is 32.6 Å². The number of amides is 1. The molecule has 1 amide bonds. The van der Waals surface area contributed by atoms with Crippen LogP contribution in [-0.2, 0) is 13.6 Å². The molecule has 0 atom stereocenters. The van der Waals surface area contributed by atoms with Crippen LogP contribution in [0.4, 0.5) is 5.13 Å². The van der Waals surface area contributed by atoms with Crippen molar-refractivity contribution in [2.24, 2.45) is 7.05 Å². The molecule has 1 aromatic carbocycles. The third-order valence-corrected chi connectivity index (χ3v) is 5.41. The molecular weight excluding hydrogens is 358 g/mol. The van der Waals surface area contributed by atoms with Gasteiger partial charge in [0, 0.05) is 31.2 Å². The van der Waals surface area contributed by atoms with E-state index >= 15 is 0 Å². The molecule has 136 valence electrons. The molecule has 0 radical (unpaired) electrons. The number of rotatable bonds is 4. The number of pyridine rings is 1. The molecule has 0 saturated heterocycles. The van der Waals surface area contributed by atoms with Crippen LogP contribution in [0, 0.1) is 13.8 Å². The van der Waals surface area contributed by atoms with Gasteiger partial charge in [0.1, 0.15) is 0 Å². The molecule has 0 aliphatic carbocycles. The van der Waals surface area contributed by atoms with E-state index in [-0.39, 0.29) is 5.91 Å². The molecule has 7 heteroatoms. The van der Waals surface area contributed by atoms with Crippen molar-refractivity contribution in [3.05, 3.63) is 71.3 Å². The van der Waals surface area contributed by atoms with Crippen LogP contribution in [0.25, 0.3) is 10.2 Å². The Balaban J connectivity index is 1.80. The molecule has 0 spiro atoms. The number of para-hydroxylation sites is 1. The number of hydrogen-bond donors (Lipinski definition) is 0. The zero-order valence-electron chi connectivity index (χ0n) is 15.4. The van der Waals surface area contributed by atoms with Gasteiger partial charge >= 0.3 is 0 Å². The second-order valence-electron chi connectivity index (χ2n) is 6.51. The molecule has 6 nitrogen and oxygen atoms in total. The Morgan fingerprint density at radius 2 is 2.04 bits per heavy atom. The molecule has 0 bridgehead atoms. The third kappa shape index (κ3) is 3.33. The maximum Gasteiger partial charge on any atom is 0.281 e. The Labute approximate surface area is 161 Å². The highest BCUT2D eigenvalue weighted by Gasteiger charge is 2.25. The lowest BCUT2D eigenvalue weighted by molar-refractivity contribution is 0.0979. The minimum absolute atomic E-state index is 0.159. The fourth-order valence-corrected chi connectivity index (χ4v) is 4.08. The summed E-state index contributed by atoms with van der Waals surface area (Å²) in [5.41, 5.74) is 4.25. The van der Waals surface area contributed by atoms with E-state index in [1.807, 2.05) is 57.4 Å². The van der Waals surface area contributed by atoms with E-state index in [9.17, 15) is 4.79 Å². The Bertz CT molecular complexity index is 1120. The minimum atomic E-state index is -0.159. The first-order valence-corrected chi connectivity index (χ1v) is 9.42. The number of carbonyl (C=O) groups is 1. The van der Waals surface area contributed by atoms with Gasteiger partial charge in [-0.25, -0.2) is 4.98 Å². The summed E-state index contributed by atoms with van der Waals surface area (Å²) >= 11 is 1.51. The van der Waals surface area contributed by atoms with Crippen LogP contribution in [0.2, 0.25) is 0 Å². The normalized spacial score (nSPS) is 11.1. The largest absolute Gasteiger partial charge is 0.281 e. The van der Waals surface area contributed by atoms with Crippen molar-refractivity contribution < 1.29 is 4.79 Å². The monoisotopic (exact) mass is 377 g/mol. The zero-order valence-corrected chi connectivity index (χ0v) is 16.2. The van der Waals surface area contributed by atoms with E-state index in [1.54, 1.807) is 22.0 Å². The Morgan fingerprint density at radius 3 is 2.70 bits per heavy atom. The maximum atomic E-state index is 13.3. The predicted octanol–water partition coefficient (Wildman–Crippen LogP) is 3.89. The van der Waals surface area contributed by atoms with E-state index in [0.717, 1.165) is 26.9 Å². The van der Waals surface area contributed by atoms with Crippen LogP contribution in [-0.4, -0.2) is 25.7 Å². The second-order valence-corrected chi connectivity index (χ2v) is 7.51. The van der Waals surface area contributed by atoms with Crippen molar-refractivity contribution in [2.75, 3.05) is 4.90 Å². The molecule has 0 fully saturated rings. The molecule has 27 heavy (non-hydrogen) atoms. The molecule has 3 aromatic heterocycles. The summed E-state index contributed by atoms with van der Waals surface area (Å²) in [6, 6.07) is 9.89. The first-order valence-electron chi connectivity index (χ1n) is 8.60. The first kappa shape index (κ1) is 17.4. The van der Waals surface area contributed by atoms with Gasteiger partial charge in [0.25, 0.3) is 5.91 Å². The number of hydrogen-bond acceptors (Lipinski definition) is 5. The molecule has 4 aromatic rings. The van der Waals surface area contributed by atoms with Crippen LogP contribution >= 0.6 is 11.3 Å². The lowest BCUT2D eigenvalue weighted by atomic mass is 10.2. The molecule has 0 unspecified atom stereocenters. The number of benzene rings is 1. The van der Waals surface area contributed by atoms with Crippen molar-refractivity contribution in [3.8, 4) is 0 Å². The number of thiazole rings is 1. The molecule has 4 rings (SSSR count). The standard InChI is InChI=1S/C20H19N5OS/c1-13-6-4-8-16-17(13)22-20(27-16)25(12-15-7-5-9-21-10-15)19(26)18-14(2)11-24(3)23-18/h4-11H,12H2,1-3H3. The molecule has 0 aliphatic heterocycles. The lowest BCUT2D eigenvalue weighted by Gasteiger charge is -2.19. The molecule has 0 aliphatic rings. The molecule has 3 heterocycles. The predicted molar refractivity (Wildman–Crippen MR) is 107 cm³/mol. The van der Waals surface area contributed by atoms with E-state index in [0.29, 0.717) is 17.4 Å². The van der Waals surface area contributed by atoms with Gasteiger partial charge in [0.15, 0.2) is 10.8 Å². The van der Waals surface area contributed by atoms with Crippen LogP contribution in [0.15, 0.2) is 48.9 Å². The van der Waals surface area contributed by atoms with Gasteiger partial charge < -0.3 is 0 Å². The number of aromatic nitrogens is 4. The van der Waals surface area contributed by atoms with Gasteiger partial charge in [-0.1, -0.05) is 29.5 Å². The quantitative estimate of drug-likeness (QED) is 0.541. The van der Waals surface area contributed by atoms with E-state index in [4.69, 9.17) is 4.98 Å². The van der Waals surface area contributed by atoms with Crippen LogP contribution in [0.1, 0.15) is 27.2 Å². The fraction of sp³-hybridized carbons (Fsp3) is 0.200. The van der Waals surface area contributed by atoms with Crippen molar-refractivity contribution in [2.45, 2.75) is 20.4 Å². The second kappa shape index (κ2) is 6.92. The van der Waals surface area contributed by atoms with E-state index in [2.05, 4.69) is 10.1 Å². The number of fused-ring (bicyclic) bond motifs is 1. The van der Waals surface area contributed by atoms with E-state index in [1.165, 1.54) is 11.3 Å². The van der Waals surface area contributed by atoms with Crippen molar-refractivity contribution in [3.63, 3.8) is 0 Å². The van der Waals surface area contributed by atoms with Gasteiger partial charge in [-0.3, -0.25) is 19.4 Å². The van der Waals surface area contributed by atoms with Crippen LogP contribution in [0.3, 0.4) is 0 Å². The Morgan fingerprint density at radius 1 is 1.19 bits per heavy atom. The van der Waals surface area contributed by atoms with Gasteiger partial charge in [-0.05, 0) is 37.1 Å². The maximum absolute atomic E-state index is 13.3. The summed E-state index contributed by atoms with van der Waals surface area (Å²) in [4.78, 5) is 24.0. The van der Waals surface area contributed by atoms with Crippen molar-refractivity contribution in [1.82, 2.24) is 19.7 Å². The summed E-state index contributed by atoms with van der Waals surface area (Å²) < 4.78 is 2.72. The fourth-order valence-electron chi connectivity index (χ4n) is 3.04. The van der Waals surface area contributed by atoms with Crippen LogP contribution < -0.4 is 4.90 Å². The minimum Gasteiger partial charge on any atom is -0.278 e. The van der Waals surface area contributed by atoms with Crippen molar-refractivity contribution in [1.29, 1.82) is 0 Å². The summed E-state index contributed by atoms with van der Waals surface area (Å²) in [5.74, 6) is -0.159. The smallest absolute Gasteiger partial charge is 0.278 e.